The van der Waals surface area contributed by atoms with Crippen LogP contribution >= 0.6 is 0 Å². The van der Waals surface area contributed by atoms with Crippen LogP contribution < -0.4 is 5.32 Å². The maximum atomic E-state index is 5.94. The normalized spacial score (nSPS) is 19.4. The highest BCUT2D eigenvalue weighted by Crippen LogP contribution is 2.34. The predicted octanol–water partition coefficient (Wildman–Crippen LogP) is 4.03. The van der Waals surface area contributed by atoms with Crippen molar-refractivity contribution in [1.29, 1.82) is 0 Å². The third-order valence-electron chi connectivity index (χ3n) is 4.62. The molecule has 0 aliphatic heterocycles. The number of nitrogens with zero attached hydrogens (tertiary/aromatic N) is 1. The first kappa shape index (κ1) is 16.4. The van der Waals surface area contributed by atoms with Gasteiger partial charge in [0, 0.05) is 19.0 Å². The van der Waals surface area contributed by atoms with Gasteiger partial charge in [0.1, 0.15) is 0 Å². The van der Waals surface area contributed by atoms with Crippen LogP contribution in [0, 0.1) is 12.8 Å². The summed E-state index contributed by atoms with van der Waals surface area (Å²) in [5.74, 6) is 0.666. The number of hydrogen-bond donors (Lipinski definition) is 1. The molecule has 3 nitrogen and oxygen atoms in total. The lowest BCUT2D eigenvalue weighted by molar-refractivity contribution is 0.00748. The fourth-order valence-electron chi connectivity index (χ4n) is 3.45. The van der Waals surface area contributed by atoms with Crippen LogP contribution in [0.15, 0.2) is 18.3 Å². The van der Waals surface area contributed by atoms with Crippen LogP contribution in [0.4, 0.5) is 0 Å². The molecule has 1 saturated carbocycles. The van der Waals surface area contributed by atoms with E-state index in [0.717, 1.165) is 18.7 Å². The van der Waals surface area contributed by atoms with Crippen molar-refractivity contribution in [3.63, 3.8) is 0 Å². The first-order chi connectivity index (χ1) is 10.3. The number of nitrogens with one attached hydrogen (secondary N) is 1. The van der Waals surface area contributed by atoms with Crippen LogP contribution in [0.25, 0.3) is 0 Å². The molecule has 0 bridgehead atoms. The van der Waals surface area contributed by atoms with E-state index in [1.54, 1.807) is 0 Å². The van der Waals surface area contributed by atoms with E-state index >= 15 is 0 Å². The standard InChI is InChI=1S/C18H30N2O/c1-4-12-19-17(16-11-10-14(2)20-13-16)18(21-3)15-8-6-5-7-9-15/h10-11,13,15,17-19H,4-9,12H2,1-3H3. The van der Waals surface area contributed by atoms with E-state index in [0.29, 0.717) is 5.92 Å². The van der Waals surface area contributed by atoms with Gasteiger partial charge in [-0.2, -0.15) is 0 Å². The maximum absolute atomic E-state index is 5.94. The number of aromatic nitrogens is 1. The van der Waals surface area contributed by atoms with Gasteiger partial charge in [0.15, 0.2) is 0 Å². The maximum Gasteiger partial charge on any atom is 0.0794 e. The van der Waals surface area contributed by atoms with Gasteiger partial charge in [-0.25, -0.2) is 0 Å². The molecule has 0 spiro atoms. The molecule has 21 heavy (non-hydrogen) atoms. The average Bonchev–Trinajstić information content (AvgIpc) is 2.53. The second-order valence-corrected chi connectivity index (χ2v) is 6.26. The molecule has 2 unspecified atom stereocenters. The minimum atomic E-state index is 0.251. The summed E-state index contributed by atoms with van der Waals surface area (Å²) in [5, 5.41) is 3.69. The molecule has 0 saturated heterocycles. The molecule has 0 aromatic carbocycles. The quantitative estimate of drug-likeness (QED) is 0.823. The van der Waals surface area contributed by atoms with Crippen LogP contribution in [0.3, 0.4) is 0 Å². The smallest absolute Gasteiger partial charge is 0.0794 e. The number of ether oxygens (including phenoxy) is 1. The zero-order valence-corrected chi connectivity index (χ0v) is 13.8. The lowest BCUT2D eigenvalue weighted by Gasteiger charge is -2.35. The van der Waals surface area contributed by atoms with E-state index in [2.05, 4.69) is 29.4 Å². The van der Waals surface area contributed by atoms with Gasteiger partial charge in [-0.15, -0.1) is 0 Å². The van der Waals surface area contributed by atoms with E-state index < -0.39 is 0 Å². The zero-order valence-electron chi connectivity index (χ0n) is 13.8. The van der Waals surface area contributed by atoms with Gasteiger partial charge in [0.05, 0.1) is 12.1 Å². The van der Waals surface area contributed by atoms with Gasteiger partial charge in [-0.05, 0) is 50.3 Å². The molecule has 1 aromatic heterocycles. The van der Waals surface area contributed by atoms with Gasteiger partial charge >= 0.3 is 0 Å². The van der Waals surface area contributed by atoms with Crippen molar-refractivity contribution >= 4 is 0 Å². The summed E-state index contributed by atoms with van der Waals surface area (Å²) in [6.07, 6.45) is 10.1. The number of pyridine rings is 1. The Morgan fingerprint density at radius 3 is 2.62 bits per heavy atom. The number of methoxy groups -OCH3 is 1. The lowest BCUT2D eigenvalue weighted by Crippen LogP contribution is -2.39. The largest absolute Gasteiger partial charge is 0.379 e. The Hall–Kier alpha value is -0.930. The van der Waals surface area contributed by atoms with E-state index in [1.807, 2.05) is 20.2 Å². The Bertz CT molecular complexity index is 398. The fourth-order valence-corrected chi connectivity index (χ4v) is 3.45. The Morgan fingerprint density at radius 1 is 1.29 bits per heavy atom. The first-order valence-electron chi connectivity index (χ1n) is 8.45. The van der Waals surface area contributed by atoms with E-state index in [9.17, 15) is 0 Å². The zero-order chi connectivity index (χ0) is 15.1. The van der Waals surface area contributed by atoms with Crippen LogP contribution in [-0.2, 0) is 4.74 Å². The molecule has 1 aliphatic carbocycles. The van der Waals surface area contributed by atoms with Gasteiger partial charge in [0.2, 0.25) is 0 Å². The molecule has 1 N–H and O–H groups in total. The van der Waals surface area contributed by atoms with E-state index in [4.69, 9.17) is 4.74 Å². The average molecular weight is 290 g/mol. The van der Waals surface area contributed by atoms with Crippen LogP contribution in [0.2, 0.25) is 0 Å². The number of rotatable bonds is 7. The van der Waals surface area contributed by atoms with Crippen molar-refractivity contribution in [2.45, 2.75) is 64.5 Å². The van der Waals surface area contributed by atoms with Crippen LogP contribution in [0.1, 0.15) is 62.7 Å². The molecule has 0 radical (unpaired) electrons. The third kappa shape index (κ3) is 4.52. The van der Waals surface area contributed by atoms with Gasteiger partial charge in [0.25, 0.3) is 0 Å². The Labute approximate surface area is 129 Å². The topological polar surface area (TPSA) is 34.2 Å². The highest BCUT2D eigenvalue weighted by atomic mass is 16.5. The molecular formula is C18H30N2O. The first-order valence-corrected chi connectivity index (χ1v) is 8.45. The lowest BCUT2D eigenvalue weighted by atomic mass is 9.81. The highest BCUT2D eigenvalue weighted by molar-refractivity contribution is 5.19. The molecule has 1 aromatic rings. The summed E-state index contributed by atoms with van der Waals surface area (Å²) in [4.78, 5) is 4.47. The van der Waals surface area contributed by atoms with Gasteiger partial charge in [-0.3, -0.25) is 4.98 Å². The number of hydrogen-bond acceptors (Lipinski definition) is 3. The van der Waals surface area contributed by atoms with E-state index in [-0.39, 0.29) is 12.1 Å². The molecular weight excluding hydrogens is 260 g/mol. The minimum Gasteiger partial charge on any atom is -0.379 e. The fraction of sp³-hybridized carbons (Fsp3) is 0.722. The molecule has 2 rings (SSSR count). The van der Waals surface area contributed by atoms with Crippen molar-refractivity contribution in [1.82, 2.24) is 10.3 Å². The Balaban J connectivity index is 2.17. The molecule has 3 heteroatoms. The van der Waals surface area contributed by atoms with Crippen LogP contribution in [-0.4, -0.2) is 24.7 Å². The third-order valence-corrected chi connectivity index (χ3v) is 4.62. The second kappa shape index (κ2) is 8.50. The molecule has 1 heterocycles. The van der Waals surface area contributed by atoms with Crippen molar-refractivity contribution in [3.05, 3.63) is 29.6 Å². The predicted molar refractivity (Wildman–Crippen MR) is 87.4 cm³/mol. The molecule has 2 atom stereocenters. The van der Waals surface area contributed by atoms with Crippen molar-refractivity contribution < 1.29 is 4.74 Å². The molecule has 1 fully saturated rings. The molecule has 1 aliphatic rings. The SMILES string of the molecule is CCCNC(c1ccc(C)nc1)C(OC)C1CCCCC1. The Morgan fingerprint density at radius 2 is 2.05 bits per heavy atom. The van der Waals surface area contributed by atoms with Crippen molar-refractivity contribution in [3.8, 4) is 0 Å². The summed E-state index contributed by atoms with van der Waals surface area (Å²) in [6.45, 7) is 5.26. The molecule has 118 valence electrons. The van der Waals surface area contributed by atoms with Gasteiger partial charge in [-0.1, -0.05) is 32.3 Å². The summed E-state index contributed by atoms with van der Waals surface area (Å²) >= 11 is 0. The van der Waals surface area contributed by atoms with Crippen molar-refractivity contribution in [2.24, 2.45) is 5.92 Å². The summed E-state index contributed by atoms with van der Waals surface area (Å²) in [6, 6.07) is 4.56. The minimum absolute atomic E-state index is 0.251. The van der Waals surface area contributed by atoms with E-state index in [1.165, 1.54) is 37.7 Å². The summed E-state index contributed by atoms with van der Waals surface area (Å²) in [7, 11) is 1.86. The van der Waals surface area contributed by atoms with Crippen molar-refractivity contribution in [2.75, 3.05) is 13.7 Å². The van der Waals surface area contributed by atoms with Gasteiger partial charge < -0.3 is 10.1 Å². The summed E-state index contributed by atoms with van der Waals surface area (Å²) < 4.78 is 5.94. The second-order valence-electron chi connectivity index (χ2n) is 6.26. The molecule has 0 amide bonds. The monoisotopic (exact) mass is 290 g/mol. The number of aryl methyl sites for hydroxylation is 1. The Kier molecular flexibility index (Phi) is 6.65. The highest BCUT2D eigenvalue weighted by Gasteiger charge is 2.31. The van der Waals surface area contributed by atoms with Crippen LogP contribution in [0.5, 0.6) is 0 Å². The summed E-state index contributed by atoms with van der Waals surface area (Å²) in [5.41, 5.74) is 2.33.